The summed E-state index contributed by atoms with van der Waals surface area (Å²) in [6.45, 7) is 4.11. The number of amides is 1. The molecule has 0 radical (unpaired) electrons. The number of anilines is 1. The molecule has 0 aromatic heterocycles. The van der Waals surface area contributed by atoms with Gasteiger partial charge in [0.15, 0.2) is 0 Å². The molecule has 0 saturated carbocycles. The number of aryl methyl sites for hydroxylation is 2. The third-order valence-electron chi connectivity index (χ3n) is 3.37. The van der Waals surface area contributed by atoms with Gasteiger partial charge < -0.3 is 14.8 Å². The monoisotopic (exact) mass is 331 g/mol. The summed E-state index contributed by atoms with van der Waals surface area (Å²) in [6.07, 6.45) is 0. The zero-order valence-electron chi connectivity index (χ0n) is 13.8. The van der Waals surface area contributed by atoms with Gasteiger partial charge in [0, 0.05) is 11.0 Å². The molecule has 23 heavy (non-hydrogen) atoms. The second kappa shape index (κ2) is 7.92. The molecule has 0 fully saturated rings. The summed E-state index contributed by atoms with van der Waals surface area (Å²) in [6, 6.07) is 11.5. The maximum absolute atomic E-state index is 12.2. The number of hydrogen-bond acceptors (Lipinski definition) is 4. The predicted octanol–water partition coefficient (Wildman–Crippen LogP) is 4.05. The number of methoxy groups -OCH3 is 2. The Labute approximate surface area is 141 Å². The van der Waals surface area contributed by atoms with Crippen LogP contribution >= 0.6 is 11.8 Å². The first-order valence-corrected chi connectivity index (χ1v) is 8.24. The van der Waals surface area contributed by atoms with E-state index in [4.69, 9.17) is 9.47 Å². The third kappa shape index (κ3) is 4.66. The molecule has 0 aliphatic heterocycles. The van der Waals surface area contributed by atoms with E-state index in [1.54, 1.807) is 32.4 Å². The van der Waals surface area contributed by atoms with E-state index in [0.717, 1.165) is 4.90 Å². The van der Waals surface area contributed by atoms with E-state index in [-0.39, 0.29) is 5.91 Å². The van der Waals surface area contributed by atoms with Crippen LogP contribution in [0.5, 0.6) is 11.5 Å². The van der Waals surface area contributed by atoms with E-state index in [1.807, 2.05) is 0 Å². The van der Waals surface area contributed by atoms with Crippen LogP contribution in [0.25, 0.3) is 0 Å². The first-order chi connectivity index (χ1) is 11.0. The number of nitrogens with one attached hydrogen (secondary N) is 1. The lowest BCUT2D eigenvalue weighted by Crippen LogP contribution is -2.14. The van der Waals surface area contributed by atoms with Gasteiger partial charge in [-0.15, -0.1) is 11.8 Å². The van der Waals surface area contributed by atoms with Crippen LogP contribution in [0, 0.1) is 13.8 Å². The summed E-state index contributed by atoms with van der Waals surface area (Å²) < 4.78 is 10.4. The Morgan fingerprint density at radius 3 is 2.52 bits per heavy atom. The molecule has 0 spiro atoms. The van der Waals surface area contributed by atoms with Crippen molar-refractivity contribution in [2.45, 2.75) is 18.7 Å². The maximum atomic E-state index is 12.2. The van der Waals surface area contributed by atoms with Crippen molar-refractivity contribution < 1.29 is 14.3 Å². The van der Waals surface area contributed by atoms with Crippen LogP contribution in [-0.2, 0) is 4.79 Å². The van der Waals surface area contributed by atoms with Crippen molar-refractivity contribution in [2.75, 3.05) is 25.3 Å². The van der Waals surface area contributed by atoms with E-state index in [9.17, 15) is 4.79 Å². The molecule has 0 atom stereocenters. The van der Waals surface area contributed by atoms with Crippen LogP contribution < -0.4 is 14.8 Å². The highest BCUT2D eigenvalue weighted by Gasteiger charge is 2.10. The van der Waals surface area contributed by atoms with E-state index in [2.05, 4.69) is 37.4 Å². The minimum Gasteiger partial charge on any atom is -0.497 e. The van der Waals surface area contributed by atoms with Crippen molar-refractivity contribution in [2.24, 2.45) is 0 Å². The molecule has 5 heteroatoms. The highest BCUT2D eigenvalue weighted by molar-refractivity contribution is 8.00. The maximum Gasteiger partial charge on any atom is 0.234 e. The molecule has 122 valence electrons. The Kier molecular flexibility index (Phi) is 5.93. The van der Waals surface area contributed by atoms with E-state index in [1.165, 1.54) is 22.9 Å². The van der Waals surface area contributed by atoms with Crippen LogP contribution in [0.2, 0.25) is 0 Å². The van der Waals surface area contributed by atoms with E-state index < -0.39 is 0 Å². The molecule has 1 amide bonds. The molecular formula is C18H21NO3S. The van der Waals surface area contributed by atoms with Crippen molar-refractivity contribution in [3.05, 3.63) is 47.5 Å². The van der Waals surface area contributed by atoms with Crippen LogP contribution in [0.4, 0.5) is 5.69 Å². The van der Waals surface area contributed by atoms with Gasteiger partial charge in [-0.2, -0.15) is 0 Å². The van der Waals surface area contributed by atoms with E-state index >= 15 is 0 Å². The van der Waals surface area contributed by atoms with Crippen LogP contribution in [0.1, 0.15) is 11.1 Å². The zero-order valence-corrected chi connectivity index (χ0v) is 14.6. The first-order valence-electron chi connectivity index (χ1n) is 7.25. The fraction of sp³-hybridized carbons (Fsp3) is 0.278. The molecule has 0 heterocycles. The summed E-state index contributed by atoms with van der Waals surface area (Å²) in [4.78, 5) is 13.3. The van der Waals surface area contributed by atoms with Crippen molar-refractivity contribution in [1.82, 2.24) is 0 Å². The molecule has 0 bridgehead atoms. The standard InChI is InChI=1S/C18H21NO3S/c1-12-5-8-17(13(2)9-12)23-11-18(20)19-15-10-14(21-3)6-7-16(15)22-4/h5-10H,11H2,1-4H3,(H,19,20). The van der Waals surface area contributed by atoms with Crippen molar-refractivity contribution in [3.63, 3.8) is 0 Å². The van der Waals surface area contributed by atoms with Gasteiger partial charge >= 0.3 is 0 Å². The van der Waals surface area contributed by atoms with Gasteiger partial charge in [-0.3, -0.25) is 4.79 Å². The molecule has 2 rings (SSSR count). The largest absolute Gasteiger partial charge is 0.497 e. The molecule has 2 aromatic rings. The summed E-state index contributed by atoms with van der Waals surface area (Å²) in [7, 11) is 3.16. The van der Waals surface area contributed by atoms with Gasteiger partial charge in [0.05, 0.1) is 25.7 Å². The van der Waals surface area contributed by atoms with Gasteiger partial charge in [0.1, 0.15) is 11.5 Å². The number of carbonyl (C=O) groups excluding carboxylic acids is 1. The molecule has 0 aliphatic carbocycles. The molecule has 0 saturated heterocycles. The normalized spacial score (nSPS) is 10.3. The number of benzene rings is 2. The number of hydrogen-bond donors (Lipinski definition) is 1. The second-order valence-corrected chi connectivity index (χ2v) is 6.19. The Morgan fingerprint density at radius 1 is 1.09 bits per heavy atom. The van der Waals surface area contributed by atoms with Gasteiger partial charge in [0.2, 0.25) is 5.91 Å². The summed E-state index contributed by atoms with van der Waals surface area (Å²) in [5.41, 5.74) is 3.01. The van der Waals surface area contributed by atoms with Gasteiger partial charge in [-0.25, -0.2) is 0 Å². The van der Waals surface area contributed by atoms with Crippen molar-refractivity contribution in [1.29, 1.82) is 0 Å². The lowest BCUT2D eigenvalue weighted by molar-refractivity contribution is -0.113. The molecule has 2 aromatic carbocycles. The van der Waals surface area contributed by atoms with Crippen molar-refractivity contribution in [3.8, 4) is 11.5 Å². The Hall–Kier alpha value is -2.14. The average molecular weight is 331 g/mol. The zero-order chi connectivity index (χ0) is 16.8. The number of thioether (sulfide) groups is 1. The van der Waals surface area contributed by atoms with E-state index in [0.29, 0.717) is 22.9 Å². The highest BCUT2D eigenvalue weighted by Crippen LogP contribution is 2.29. The van der Waals surface area contributed by atoms with Crippen molar-refractivity contribution >= 4 is 23.4 Å². The highest BCUT2D eigenvalue weighted by atomic mass is 32.2. The SMILES string of the molecule is COc1ccc(OC)c(NC(=O)CSc2ccc(C)cc2C)c1. The predicted molar refractivity (Wildman–Crippen MR) is 94.8 cm³/mol. The summed E-state index contributed by atoms with van der Waals surface area (Å²) in [5.74, 6) is 1.53. The minimum absolute atomic E-state index is 0.0819. The molecule has 4 nitrogen and oxygen atoms in total. The Morgan fingerprint density at radius 2 is 1.87 bits per heavy atom. The lowest BCUT2D eigenvalue weighted by atomic mass is 10.2. The molecule has 0 aliphatic rings. The second-order valence-electron chi connectivity index (χ2n) is 5.17. The number of ether oxygens (including phenoxy) is 2. The van der Waals surface area contributed by atoms with Gasteiger partial charge in [-0.1, -0.05) is 17.7 Å². The molecule has 0 unspecified atom stereocenters. The van der Waals surface area contributed by atoms with Crippen LogP contribution in [-0.4, -0.2) is 25.9 Å². The van der Waals surface area contributed by atoms with Crippen LogP contribution in [0.3, 0.4) is 0 Å². The fourth-order valence-electron chi connectivity index (χ4n) is 2.20. The van der Waals surface area contributed by atoms with Gasteiger partial charge in [0.25, 0.3) is 0 Å². The third-order valence-corrected chi connectivity index (χ3v) is 4.55. The topological polar surface area (TPSA) is 47.6 Å². The summed E-state index contributed by atoms with van der Waals surface area (Å²) >= 11 is 1.52. The molecule has 1 N–H and O–H groups in total. The van der Waals surface area contributed by atoms with Gasteiger partial charge in [-0.05, 0) is 37.6 Å². The average Bonchev–Trinajstić information content (AvgIpc) is 2.54. The molecular weight excluding hydrogens is 310 g/mol. The fourth-order valence-corrected chi connectivity index (χ4v) is 3.01. The first kappa shape index (κ1) is 17.2. The minimum atomic E-state index is -0.0819. The number of rotatable bonds is 6. The quantitative estimate of drug-likeness (QED) is 0.811. The smallest absolute Gasteiger partial charge is 0.234 e. The van der Waals surface area contributed by atoms with Crippen LogP contribution in [0.15, 0.2) is 41.3 Å². The Balaban J connectivity index is 2.02. The summed E-state index contributed by atoms with van der Waals surface area (Å²) in [5, 5.41) is 2.87. The Bertz CT molecular complexity index is 701. The number of carbonyl (C=O) groups is 1. The lowest BCUT2D eigenvalue weighted by Gasteiger charge is -2.12.